The van der Waals surface area contributed by atoms with Crippen LogP contribution in [-0.4, -0.2) is 68.5 Å². The van der Waals surface area contributed by atoms with E-state index in [-0.39, 0.29) is 47.1 Å². The number of primary amides is 1. The summed E-state index contributed by atoms with van der Waals surface area (Å²) in [5.41, 5.74) is 7.26. The van der Waals surface area contributed by atoms with E-state index in [2.05, 4.69) is 0 Å². The lowest BCUT2D eigenvalue weighted by molar-refractivity contribution is -0.148. The molecule has 0 aromatic heterocycles. The van der Waals surface area contributed by atoms with Gasteiger partial charge in [-0.15, -0.1) is 12.4 Å². The van der Waals surface area contributed by atoms with Crippen LogP contribution < -0.4 is 11.5 Å². The number of likely N-dealkylation sites (N-methyl/N-ethyl adjacent to an activating group) is 1. The number of nitrogens with zero attached hydrogens (tertiary/aromatic N) is 1. The second-order valence-corrected chi connectivity index (χ2v) is 9.03. The largest absolute Gasteiger partial charge is 0.510 e. The highest BCUT2D eigenvalue weighted by Crippen LogP contribution is 2.53. The van der Waals surface area contributed by atoms with Gasteiger partial charge in [0.25, 0.3) is 5.91 Å². The highest BCUT2D eigenvalue weighted by molar-refractivity contribution is 6.34. The summed E-state index contributed by atoms with van der Waals surface area (Å²) in [5, 5.41) is 43.7. The van der Waals surface area contributed by atoms with E-state index in [0.29, 0.717) is 5.56 Å². The van der Waals surface area contributed by atoms with Crippen molar-refractivity contribution >= 4 is 47.2 Å². The summed E-state index contributed by atoms with van der Waals surface area (Å²) < 4.78 is 0. The van der Waals surface area contributed by atoms with Gasteiger partial charge in [-0.1, -0.05) is 11.6 Å². The zero-order chi connectivity index (χ0) is 23.9. The molecule has 0 saturated heterocycles. The molecule has 0 bridgehead atoms. The number of Topliss-reactive ketones (excluding diaryl/α,β-unsaturated/α-hetero) is 2. The molecule has 8 N–H and O–H groups in total. The van der Waals surface area contributed by atoms with Crippen molar-refractivity contribution in [3.8, 4) is 5.75 Å². The molecular formula is C21H23Cl2N3O7. The monoisotopic (exact) mass is 499 g/mol. The fourth-order valence-corrected chi connectivity index (χ4v) is 5.51. The normalized spacial score (nSPS) is 28.8. The standard InChI is InChI=1S/C21H22ClN3O7.ClH/c1-25(2)14-8-4-6-3-7-5-9(22)13(23)16(27)10(7)15(26)11(6)18(29)21(8,32)19(30)12(17(14)28)20(24)31;/h5-6,8,14,27-29,32H,3-4,23H2,1-2H3,(H2,24,31);1H. The topological polar surface area (TPSA) is 187 Å². The lowest BCUT2D eigenvalue weighted by Gasteiger charge is -2.50. The molecule has 3 aliphatic carbocycles. The number of nitrogens with two attached hydrogens (primary N) is 2. The van der Waals surface area contributed by atoms with E-state index >= 15 is 0 Å². The minimum Gasteiger partial charge on any atom is -0.510 e. The van der Waals surface area contributed by atoms with Crippen molar-refractivity contribution in [1.82, 2.24) is 4.90 Å². The quantitative estimate of drug-likeness (QED) is 0.194. The summed E-state index contributed by atoms with van der Waals surface area (Å²) in [5.74, 6) is -7.19. The van der Waals surface area contributed by atoms with Gasteiger partial charge < -0.3 is 31.9 Å². The molecule has 4 rings (SSSR count). The van der Waals surface area contributed by atoms with Gasteiger partial charge >= 0.3 is 0 Å². The number of aliphatic hydroxyl groups is 3. The lowest BCUT2D eigenvalue weighted by atomic mass is 9.58. The Morgan fingerprint density at radius 3 is 2.39 bits per heavy atom. The number of benzene rings is 1. The Balaban J connectivity index is 0.00000306. The van der Waals surface area contributed by atoms with Crippen LogP contribution in [0.2, 0.25) is 5.02 Å². The molecule has 10 nitrogen and oxygen atoms in total. The van der Waals surface area contributed by atoms with Crippen molar-refractivity contribution in [2.24, 2.45) is 17.6 Å². The second kappa shape index (κ2) is 7.91. The van der Waals surface area contributed by atoms with Gasteiger partial charge in [0.05, 0.1) is 22.3 Å². The number of phenols is 1. The number of nitrogen functional groups attached to an aromatic ring is 1. The number of allylic oxidation sites excluding steroid dienone is 1. The molecule has 3 aliphatic rings. The van der Waals surface area contributed by atoms with Crippen molar-refractivity contribution in [1.29, 1.82) is 0 Å². The number of halogens is 2. The SMILES string of the molecule is CN(C)C1C(O)=C(C(N)=O)C(=O)C2(O)C(O)=C3C(=O)c4c(cc(Cl)c(N)c4O)CC3CC12.Cl. The molecule has 1 aromatic carbocycles. The van der Waals surface area contributed by atoms with Crippen LogP contribution in [0.5, 0.6) is 5.75 Å². The predicted molar refractivity (Wildman–Crippen MR) is 120 cm³/mol. The van der Waals surface area contributed by atoms with Crippen LogP contribution in [0.25, 0.3) is 0 Å². The van der Waals surface area contributed by atoms with Crippen molar-refractivity contribution < 1.29 is 34.8 Å². The summed E-state index contributed by atoms with van der Waals surface area (Å²) >= 11 is 6.05. The fourth-order valence-electron chi connectivity index (χ4n) is 5.29. The summed E-state index contributed by atoms with van der Waals surface area (Å²) in [6.45, 7) is 0. The lowest BCUT2D eigenvalue weighted by Crippen LogP contribution is -2.63. The third kappa shape index (κ3) is 3.12. The van der Waals surface area contributed by atoms with Gasteiger partial charge in [0, 0.05) is 11.5 Å². The van der Waals surface area contributed by atoms with E-state index < -0.39 is 63.8 Å². The number of hydrogen-bond donors (Lipinski definition) is 6. The number of carbonyl (C=O) groups is 3. The number of anilines is 1. The molecule has 0 spiro atoms. The molecule has 12 heteroatoms. The molecule has 0 saturated carbocycles. The average molecular weight is 500 g/mol. The van der Waals surface area contributed by atoms with Gasteiger partial charge in [0.1, 0.15) is 17.1 Å². The van der Waals surface area contributed by atoms with Crippen molar-refractivity contribution in [3.63, 3.8) is 0 Å². The first-order valence-electron chi connectivity index (χ1n) is 9.78. The minimum atomic E-state index is -2.67. The number of amides is 1. The number of fused-ring (bicyclic) bond motifs is 3. The maximum Gasteiger partial charge on any atom is 0.255 e. The van der Waals surface area contributed by atoms with Crippen molar-refractivity contribution in [2.75, 3.05) is 19.8 Å². The van der Waals surface area contributed by atoms with Crippen molar-refractivity contribution in [2.45, 2.75) is 24.5 Å². The van der Waals surface area contributed by atoms with E-state index in [1.807, 2.05) is 0 Å². The maximum absolute atomic E-state index is 13.3. The van der Waals surface area contributed by atoms with Crippen LogP contribution in [0, 0.1) is 11.8 Å². The molecular weight excluding hydrogens is 477 g/mol. The van der Waals surface area contributed by atoms with Crippen molar-refractivity contribution in [3.05, 3.63) is 44.9 Å². The Morgan fingerprint density at radius 2 is 1.85 bits per heavy atom. The summed E-state index contributed by atoms with van der Waals surface area (Å²) in [6.07, 6.45) is 0.163. The molecule has 1 aromatic rings. The van der Waals surface area contributed by atoms with E-state index in [9.17, 15) is 34.8 Å². The third-order valence-electron chi connectivity index (χ3n) is 6.70. The number of phenolic OH excluding ortho intramolecular Hbond substituents is 1. The van der Waals surface area contributed by atoms with Gasteiger partial charge in [-0.05, 0) is 44.5 Å². The van der Waals surface area contributed by atoms with Crippen LogP contribution >= 0.6 is 24.0 Å². The van der Waals surface area contributed by atoms with Gasteiger partial charge in [-0.3, -0.25) is 19.3 Å². The second-order valence-electron chi connectivity index (χ2n) is 8.62. The number of rotatable bonds is 2. The van der Waals surface area contributed by atoms with Crippen LogP contribution in [0.4, 0.5) is 5.69 Å². The number of hydrogen-bond acceptors (Lipinski definition) is 9. The number of carbonyl (C=O) groups excluding carboxylic acids is 3. The Bertz CT molecular complexity index is 1180. The van der Waals surface area contributed by atoms with Crippen LogP contribution in [0.1, 0.15) is 22.3 Å². The maximum atomic E-state index is 13.3. The van der Waals surface area contributed by atoms with E-state index in [0.717, 1.165) is 0 Å². The summed E-state index contributed by atoms with van der Waals surface area (Å²) in [6, 6.07) is 0.417. The first kappa shape index (κ1) is 24.8. The average Bonchev–Trinajstić information content (AvgIpc) is 2.68. The van der Waals surface area contributed by atoms with E-state index in [1.165, 1.54) is 11.0 Å². The zero-order valence-electron chi connectivity index (χ0n) is 17.6. The molecule has 0 aliphatic heterocycles. The first-order valence-corrected chi connectivity index (χ1v) is 10.2. The molecule has 178 valence electrons. The van der Waals surface area contributed by atoms with E-state index in [4.69, 9.17) is 23.1 Å². The molecule has 1 amide bonds. The molecule has 33 heavy (non-hydrogen) atoms. The minimum absolute atomic E-state index is 0. The summed E-state index contributed by atoms with van der Waals surface area (Å²) in [7, 11) is 3.13. The smallest absolute Gasteiger partial charge is 0.255 e. The first-order chi connectivity index (χ1) is 14.8. The Kier molecular flexibility index (Phi) is 5.96. The van der Waals surface area contributed by atoms with Gasteiger partial charge in [-0.25, -0.2) is 0 Å². The van der Waals surface area contributed by atoms with E-state index in [1.54, 1.807) is 14.1 Å². The molecule has 4 unspecified atom stereocenters. The predicted octanol–water partition coefficient (Wildman–Crippen LogP) is 0.778. The summed E-state index contributed by atoms with van der Waals surface area (Å²) in [4.78, 5) is 39.8. The van der Waals surface area contributed by atoms with Crippen LogP contribution in [-0.2, 0) is 16.0 Å². The molecule has 0 heterocycles. The zero-order valence-corrected chi connectivity index (χ0v) is 19.2. The van der Waals surface area contributed by atoms with Crippen LogP contribution in [0.15, 0.2) is 28.7 Å². The number of ketones is 2. The fraction of sp³-hybridized carbons (Fsp3) is 0.381. The van der Waals surface area contributed by atoms with Crippen LogP contribution in [0.3, 0.4) is 0 Å². The third-order valence-corrected chi connectivity index (χ3v) is 7.01. The van der Waals surface area contributed by atoms with Gasteiger partial charge in [0.2, 0.25) is 5.78 Å². The Hall–Kier alpha value is -2.79. The van der Waals surface area contributed by atoms with Gasteiger partial charge in [0.15, 0.2) is 17.1 Å². The number of aliphatic hydroxyl groups excluding tert-OH is 2. The van der Waals surface area contributed by atoms with Gasteiger partial charge in [-0.2, -0.15) is 0 Å². The number of aromatic hydroxyl groups is 1. The Morgan fingerprint density at radius 1 is 1.24 bits per heavy atom. The highest BCUT2D eigenvalue weighted by Gasteiger charge is 2.63. The Labute approximate surface area is 199 Å². The molecule has 4 atom stereocenters. The molecule has 0 fully saturated rings. The highest BCUT2D eigenvalue weighted by atomic mass is 35.5. The molecule has 0 radical (unpaired) electrons.